The number of anilines is 1. The second-order valence-electron chi connectivity index (χ2n) is 9.10. The first kappa shape index (κ1) is 23.3. The van der Waals surface area contributed by atoms with Crippen LogP contribution in [0.25, 0.3) is 10.9 Å². The SMILES string of the molecule is COc1c(N2CC(NCc3ccccc3)C(OC)C2)c(F)cc2c(=O)c(C(=O)O)cn(C3CC3)c12. The average Bonchev–Trinajstić information content (AvgIpc) is 3.62. The lowest BCUT2D eigenvalue weighted by molar-refractivity contribution is 0.0694. The zero-order valence-electron chi connectivity index (χ0n) is 19.7. The van der Waals surface area contributed by atoms with E-state index in [1.807, 2.05) is 35.2 Å². The molecule has 184 valence electrons. The van der Waals surface area contributed by atoms with E-state index in [9.17, 15) is 14.7 Å². The summed E-state index contributed by atoms with van der Waals surface area (Å²) < 4.78 is 28.8. The molecule has 2 fully saturated rings. The predicted molar refractivity (Wildman–Crippen MR) is 130 cm³/mol. The number of pyridine rings is 1. The van der Waals surface area contributed by atoms with Crippen LogP contribution in [0.3, 0.4) is 0 Å². The summed E-state index contributed by atoms with van der Waals surface area (Å²) in [5.74, 6) is -1.72. The number of aromatic nitrogens is 1. The lowest BCUT2D eigenvalue weighted by Crippen LogP contribution is -2.39. The van der Waals surface area contributed by atoms with Crippen LogP contribution in [0.1, 0.15) is 34.8 Å². The highest BCUT2D eigenvalue weighted by Crippen LogP contribution is 2.44. The number of hydrogen-bond acceptors (Lipinski definition) is 6. The molecule has 2 heterocycles. The molecule has 2 aromatic carbocycles. The molecular formula is C26H28FN3O5. The summed E-state index contributed by atoms with van der Waals surface area (Å²) in [7, 11) is 3.08. The standard InChI is InChI=1S/C26H28FN3O5/c1-34-21-14-29(13-20(21)28-11-15-6-4-3-5-7-15)23-19(27)10-17-22(25(23)35-2)30(16-8-9-16)12-18(24(17)31)26(32)33/h3-7,10,12,16,20-21,28H,8-9,11,13-14H2,1-2H3,(H,32,33). The zero-order valence-corrected chi connectivity index (χ0v) is 19.7. The Balaban J connectivity index is 1.55. The molecule has 2 atom stereocenters. The highest BCUT2D eigenvalue weighted by Gasteiger charge is 2.37. The van der Waals surface area contributed by atoms with Crippen molar-refractivity contribution >= 4 is 22.6 Å². The van der Waals surface area contributed by atoms with E-state index in [4.69, 9.17) is 9.47 Å². The van der Waals surface area contributed by atoms with Gasteiger partial charge in [-0.05, 0) is 24.5 Å². The second-order valence-corrected chi connectivity index (χ2v) is 9.10. The van der Waals surface area contributed by atoms with Gasteiger partial charge in [-0.1, -0.05) is 30.3 Å². The average molecular weight is 482 g/mol. The van der Waals surface area contributed by atoms with Gasteiger partial charge in [0.05, 0.1) is 30.2 Å². The van der Waals surface area contributed by atoms with E-state index in [1.165, 1.54) is 13.3 Å². The third-order valence-corrected chi connectivity index (χ3v) is 6.87. The quantitative estimate of drug-likeness (QED) is 0.511. The molecular weight excluding hydrogens is 453 g/mol. The maximum atomic E-state index is 15.6. The zero-order chi connectivity index (χ0) is 24.7. The van der Waals surface area contributed by atoms with Crippen LogP contribution in [0.4, 0.5) is 10.1 Å². The highest BCUT2D eigenvalue weighted by atomic mass is 19.1. The van der Waals surface area contributed by atoms with Crippen molar-refractivity contribution in [3.63, 3.8) is 0 Å². The van der Waals surface area contributed by atoms with Crippen LogP contribution >= 0.6 is 0 Å². The van der Waals surface area contributed by atoms with Crippen molar-refractivity contribution in [2.24, 2.45) is 0 Å². The number of ether oxygens (including phenoxy) is 2. The van der Waals surface area contributed by atoms with Crippen LogP contribution in [-0.2, 0) is 11.3 Å². The molecule has 8 nitrogen and oxygen atoms in total. The van der Waals surface area contributed by atoms with Gasteiger partial charge in [0.1, 0.15) is 11.3 Å². The van der Waals surface area contributed by atoms with E-state index in [1.54, 1.807) is 11.7 Å². The van der Waals surface area contributed by atoms with Crippen LogP contribution in [0, 0.1) is 5.82 Å². The first-order valence-electron chi connectivity index (χ1n) is 11.7. The molecule has 1 saturated carbocycles. The summed E-state index contributed by atoms with van der Waals surface area (Å²) in [5, 5.41) is 13.0. The van der Waals surface area contributed by atoms with Gasteiger partial charge in [0.15, 0.2) is 11.6 Å². The maximum absolute atomic E-state index is 15.6. The molecule has 2 aliphatic rings. The van der Waals surface area contributed by atoms with E-state index < -0.39 is 17.2 Å². The lowest BCUT2D eigenvalue weighted by atomic mass is 10.1. The van der Waals surface area contributed by atoms with E-state index in [0.29, 0.717) is 25.2 Å². The number of carboxylic acids is 1. The molecule has 0 bridgehead atoms. The van der Waals surface area contributed by atoms with Crippen molar-refractivity contribution in [1.82, 2.24) is 9.88 Å². The second kappa shape index (κ2) is 9.31. The summed E-state index contributed by atoms with van der Waals surface area (Å²) in [5.41, 5.74) is 0.730. The number of fused-ring (bicyclic) bond motifs is 1. The van der Waals surface area contributed by atoms with Crippen molar-refractivity contribution in [2.45, 2.75) is 37.6 Å². The normalized spacial score (nSPS) is 19.9. The number of nitrogens with one attached hydrogen (secondary N) is 1. The van der Waals surface area contributed by atoms with E-state index >= 15 is 4.39 Å². The minimum Gasteiger partial charge on any atom is -0.492 e. The molecule has 5 rings (SSSR count). The number of hydrogen-bond donors (Lipinski definition) is 2. The van der Waals surface area contributed by atoms with E-state index in [2.05, 4.69) is 5.32 Å². The number of carboxylic acid groups (broad SMARTS) is 1. The van der Waals surface area contributed by atoms with Crippen molar-refractivity contribution in [1.29, 1.82) is 0 Å². The van der Waals surface area contributed by atoms with Crippen molar-refractivity contribution in [3.05, 3.63) is 69.8 Å². The van der Waals surface area contributed by atoms with Gasteiger partial charge in [0.25, 0.3) is 0 Å². The van der Waals surface area contributed by atoms with Gasteiger partial charge in [0, 0.05) is 39.0 Å². The minimum atomic E-state index is -1.33. The molecule has 9 heteroatoms. The Morgan fingerprint density at radius 3 is 2.57 bits per heavy atom. The molecule has 0 spiro atoms. The smallest absolute Gasteiger partial charge is 0.341 e. The summed E-state index contributed by atoms with van der Waals surface area (Å²) in [4.78, 5) is 26.5. The summed E-state index contributed by atoms with van der Waals surface area (Å²) in [6.45, 7) is 1.56. The highest BCUT2D eigenvalue weighted by molar-refractivity contribution is 5.97. The summed E-state index contributed by atoms with van der Waals surface area (Å²) in [6.07, 6.45) is 2.89. The van der Waals surface area contributed by atoms with Gasteiger partial charge in [0.2, 0.25) is 5.43 Å². The molecule has 1 aromatic heterocycles. The fourth-order valence-corrected chi connectivity index (χ4v) is 4.96. The summed E-state index contributed by atoms with van der Waals surface area (Å²) >= 11 is 0. The Labute approximate surface area is 201 Å². The van der Waals surface area contributed by atoms with Gasteiger partial charge in [-0.2, -0.15) is 0 Å². The first-order valence-corrected chi connectivity index (χ1v) is 11.7. The van der Waals surface area contributed by atoms with E-state index in [0.717, 1.165) is 24.5 Å². The van der Waals surface area contributed by atoms with Gasteiger partial charge in [-0.25, -0.2) is 9.18 Å². The molecule has 1 aliphatic heterocycles. The number of halogens is 1. The van der Waals surface area contributed by atoms with Crippen LogP contribution in [0.15, 0.2) is 47.4 Å². The Bertz CT molecular complexity index is 1320. The topological polar surface area (TPSA) is 93.0 Å². The Morgan fingerprint density at radius 2 is 1.94 bits per heavy atom. The summed E-state index contributed by atoms with van der Waals surface area (Å²) in [6, 6.07) is 11.1. The number of carbonyl (C=O) groups is 1. The number of benzene rings is 2. The molecule has 3 aromatic rings. The lowest BCUT2D eigenvalue weighted by Gasteiger charge is -2.24. The molecule has 1 aliphatic carbocycles. The van der Waals surface area contributed by atoms with Crippen molar-refractivity contribution in [2.75, 3.05) is 32.2 Å². The van der Waals surface area contributed by atoms with Gasteiger partial charge in [-0.15, -0.1) is 0 Å². The first-order chi connectivity index (χ1) is 16.9. The fourth-order valence-electron chi connectivity index (χ4n) is 4.96. The Hall–Kier alpha value is -3.43. The minimum absolute atomic E-state index is 0.0103. The van der Waals surface area contributed by atoms with E-state index in [-0.39, 0.29) is 40.6 Å². The number of nitrogens with zero attached hydrogens (tertiary/aromatic N) is 2. The van der Waals surface area contributed by atoms with Crippen LogP contribution in [0.2, 0.25) is 0 Å². The fraction of sp³-hybridized carbons (Fsp3) is 0.385. The molecule has 0 amide bonds. The molecule has 2 unspecified atom stereocenters. The molecule has 0 radical (unpaired) electrons. The third-order valence-electron chi connectivity index (χ3n) is 6.87. The maximum Gasteiger partial charge on any atom is 0.341 e. The van der Waals surface area contributed by atoms with Gasteiger partial charge < -0.3 is 29.4 Å². The Kier molecular flexibility index (Phi) is 6.21. The van der Waals surface area contributed by atoms with Gasteiger partial charge in [-0.3, -0.25) is 4.79 Å². The third kappa shape index (κ3) is 4.26. The number of rotatable bonds is 8. The monoisotopic (exact) mass is 481 g/mol. The largest absolute Gasteiger partial charge is 0.492 e. The van der Waals surface area contributed by atoms with Crippen molar-refractivity contribution in [3.8, 4) is 5.75 Å². The van der Waals surface area contributed by atoms with Crippen LogP contribution < -0.4 is 20.4 Å². The number of aromatic carboxylic acids is 1. The predicted octanol–water partition coefficient (Wildman–Crippen LogP) is 3.18. The van der Waals surface area contributed by atoms with Crippen LogP contribution in [-0.4, -0.2) is 55.1 Å². The van der Waals surface area contributed by atoms with Crippen molar-refractivity contribution < 1.29 is 23.8 Å². The van der Waals surface area contributed by atoms with Crippen LogP contribution in [0.5, 0.6) is 5.75 Å². The molecule has 1 saturated heterocycles. The molecule has 2 N–H and O–H groups in total. The Morgan fingerprint density at radius 1 is 1.20 bits per heavy atom. The van der Waals surface area contributed by atoms with Gasteiger partial charge >= 0.3 is 5.97 Å². The molecule has 35 heavy (non-hydrogen) atoms. The number of methoxy groups -OCH3 is 2.